The van der Waals surface area contributed by atoms with Gasteiger partial charge in [-0.3, -0.25) is 9.59 Å². The van der Waals surface area contributed by atoms with Gasteiger partial charge in [0, 0.05) is 31.7 Å². The number of carbonyl (C=O) groups is 2. The van der Waals surface area contributed by atoms with Crippen molar-refractivity contribution >= 4 is 17.5 Å². The van der Waals surface area contributed by atoms with Crippen molar-refractivity contribution in [3.05, 3.63) is 65.7 Å². The van der Waals surface area contributed by atoms with Crippen molar-refractivity contribution in [1.29, 1.82) is 0 Å². The molecule has 0 bridgehead atoms. The highest BCUT2D eigenvalue weighted by Gasteiger charge is 2.35. The van der Waals surface area contributed by atoms with Crippen LogP contribution >= 0.6 is 0 Å². The number of anilines is 1. The van der Waals surface area contributed by atoms with Crippen molar-refractivity contribution in [1.82, 2.24) is 10.2 Å². The Hall–Kier alpha value is -2.82. The van der Waals surface area contributed by atoms with Gasteiger partial charge in [-0.2, -0.15) is 0 Å². The summed E-state index contributed by atoms with van der Waals surface area (Å²) in [5.41, 5.74) is 2.03. The zero-order valence-electron chi connectivity index (χ0n) is 16.0. The zero-order valence-corrected chi connectivity index (χ0v) is 16.0. The standard InChI is InChI=1S/C22H27N3O2/c1-17-10-12-19(13-11-17)24-22(2,18-7-4-3-5-8-18)21(27)23-14-16-25-15-6-9-20(25)26/h3-5,7-8,10-13,24H,6,9,14-16H2,1-2H3,(H,23,27). The van der Waals surface area contributed by atoms with Crippen LogP contribution in [0.3, 0.4) is 0 Å². The number of benzene rings is 2. The topological polar surface area (TPSA) is 61.4 Å². The fraction of sp³-hybridized carbons (Fsp3) is 0.364. The second-order valence-electron chi connectivity index (χ2n) is 7.22. The molecule has 2 N–H and O–H groups in total. The van der Waals surface area contributed by atoms with Gasteiger partial charge in [0.2, 0.25) is 11.8 Å². The van der Waals surface area contributed by atoms with Crippen LogP contribution in [0.4, 0.5) is 5.69 Å². The Labute approximate surface area is 160 Å². The first-order valence-electron chi connectivity index (χ1n) is 9.45. The molecular formula is C22H27N3O2. The molecule has 0 aromatic heterocycles. The van der Waals surface area contributed by atoms with E-state index in [2.05, 4.69) is 10.6 Å². The first-order chi connectivity index (χ1) is 13.0. The predicted molar refractivity (Wildman–Crippen MR) is 107 cm³/mol. The van der Waals surface area contributed by atoms with Gasteiger partial charge in [0.05, 0.1) is 0 Å². The van der Waals surface area contributed by atoms with Crippen molar-refractivity contribution < 1.29 is 9.59 Å². The van der Waals surface area contributed by atoms with Crippen molar-refractivity contribution in [2.24, 2.45) is 0 Å². The van der Waals surface area contributed by atoms with Crippen LogP contribution in [-0.2, 0) is 15.1 Å². The third-order valence-electron chi connectivity index (χ3n) is 5.09. The molecule has 1 fully saturated rings. The number of nitrogens with zero attached hydrogens (tertiary/aromatic N) is 1. The fourth-order valence-corrected chi connectivity index (χ4v) is 3.38. The van der Waals surface area contributed by atoms with E-state index in [0.29, 0.717) is 19.5 Å². The Morgan fingerprint density at radius 3 is 2.44 bits per heavy atom. The second-order valence-corrected chi connectivity index (χ2v) is 7.22. The van der Waals surface area contributed by atoms with Crippen molar-refractivity contribution in [2.75, 3.05) is 25.0 Å². The highest BCUT2D eigenvalue weighted by atomic mass is 16.2. The lowest BCUT2D eigenvalue weighted by molar-refractivity contribution is -0.129. The van der Waals surface area contributed by atoms with E-state index < -0.39 is 5.54 Å². The fourth-order valence-electron chi connectivity index (χ4n) is 3.38. The van der Waals surface area contributed by atoms with Crippen LogP contribution in [0.5, 0.6) is 0 Å². The lowest BCUT2D eigenvalue weighted by Crippen LogP contribution is -2.49. The van der Waals surface area contributed by atoms with Gasteiger partial charge < -0.3 is 15.5 Å². The minimum absolute atomic E-state index is 0.110. The minimum atomic E-state index is -0.911. The monoisotopic (exact) mass is 365 g/mol. The van der Waals surface area contributed by atoms with Crippen molar-refractivity contribution in [3.8, 4) is 0 Å². The maximum atomic E-state index is 13.1. The number of amides is 2. The molecule has 5 nitrogen and oxygen atoms in total. The number of carbonyl (C=O) groups excluding carboxylic acids is 2. The van der Waals surface area contributed by atoms with E-state index in [-0.39, 0.29) is 11.8 Å². The smallest absolute Gasteiger partial charge is 0.250 e. The number of nitrogens with one attached hydrogen (secondary N) is 2. The molecule has 27 heavy (non-hydrogen) atoms. The van der Waals surface area contributed by atoms with Crippen LogP contribution in [0.2, 0.25) is 0 Å². The first-order valence-corrected chi connectivity index (χ1v) is 9.45. The van der Waals surface area contributed by atoms with E-state index in [4.69, 9.17) is 0 Å². The molecule has 0 saturated carbocycles. The van der Waals surface area contributed by atoms with Gasteiger partial charge in [-0.15, -0.1) is 0 Å². The van der Waals surface area contributed by atoms with Gasteiger partial charge in [0.1, 0.15) is 5.54 Å². The number of hydrogen-bond acceptors (Lipinski definition) is 3. The summed E-state index contributed by atoms with van der Waals surface area (Å²) in [6.07, 6.45) is 1.52. The summed E-state index contributed by atoms with van der Waals surface area (Å²) in [6, 6.07) is 17.7. The van der Waals surface area contributed by atoms with Crippen molar-refractivity contribution in [3.63, 3.8) is 0 Å². The molecule has 1 heterocycles. The lowest BCUT2D eigenvalue weighted by Gasteiger charge is -2.31. The maximum Gasteiger partial charge on any atom is 0.250 e. The molecule has 1 unspecified atom stereocenters. The number of aryl methyl sites for hydroxylation is 1. The molecule has 142 valence electrons. The molecule has 0 aliphatic carbocycles. The molecule has 3 rings (SSSR count). The molecule has 1 saturated heterocycles. The second kappa shape index (κ2) is 8.25. The quantitative estimate of drug-likeness (QED) is 0.793. The normalized spacial score (nSPS) is 16.1. The molecule has 1 aliphatic rings. The molecule has 0 spiro atoms. The van der Waals surface area contributed by atoms with Gasteiger partial charge >= 0.3 is 0 Å². The van der Waals surface area contributed by atoms with Crippen LogP contribution in [0.1, 0.15) is 30.9 Å². The number of rotatable bonds is 7. The molecule has 2 aromatic carbocycles. The van der Waals surface area contributed by atoms with Gasteiger partial charge in [0.15, 0.2) is 0 Å². The van der Waals surface area contributed by atoms with Crippen LogP contribution in [-0.4, -0.2) is 36.3 Å². The van der Waals surface area contributed by atoms with Gasteiger partial charge in [-0.25, -0.2) is 0 Å². The van der Waals surface area contributed by atoms with Crippen LogP contribution < -0.4 is 10.6 Å². The van der Waals surface area contributed by atoms with Crippen molar-refractivity contribution in [2.45, 2.75) is 32.2 Å². The lowest BCUT2D eigenvalue weighted by atomic mass is 9.90. The van der Waals surface area contributed by atoms with Crippen LogP contribution in [0.15, 0.2) is 54.6 Å². The summed E-state index contributed by atoms with van der Waals surface area (Å²) >= 11 is 0. The predicted octanol–water partition coefficient (Wildman–Crippen LogP) is 3.06. The van der Waals surface area contributed by atoms with E-state index >= 15 is 0 Å². The third kappa shape index (κ3) is 4.48. The molecule has 1 aliphatic heterocycles. The van der Waals surface area contributed by atoms with E-state index in [9.17, 15) is 9.59 Å². The molecule has 2 amide bonds. The molecule has 2 aromatic rings. The Morgan fingerprint density at radius 1 is 1.11 bits per heavy atom. The summed E-state index contributed by atoms with van der Waals surface area (Å²) in [6.45, 7) is 5.71. The van der Waals surface area contributed by atoms with E-state index in [1.807, 2.05) is 73.3 Å². The van der Waals surface area contributed by atoms with Gasteiger partial charge in [-0.1, -0.05) is 48.0 Å². The SMILES string of the molecule is Cc1ccc(NC(C)(C(=O)NCCN2CCCC2=O)c2ccccc2)cc1. The molecule has 1 atom stereocenters. The van der Waals surface area contributed by atoms with Gasteiger partial charge in [0.25, 0.3) is 0 Å². The highest BCUT2D eigenvalue weighted by Crippen LogP contribution is 2.26. The zero-order chi connectivity index (χ0) is 19.3. The Kier molecular flexibility index (Phi) is 5.79. The third-order valence-corrected chi connectivity index (χ3v) is 5.09. The summed E-state index contributed by atoms with van der Waals surface area (Å²) in [4.78, 5) is 26.7. The Bertz CT molecular complexity index is 789. The Balaban J connectivity index is 1.73. The average molecular weight is 365 g/mol. The van der Waals surface area contributed by atoms with E-state index in [1.54, 1.807) is 0 Å². The molecule has 5 heteroatoms. The summed E-state index contributed by atoms with van der Waals surface area (Å²) in [7, 11) is 0. The maximum absolute atomic E-state index is 13.1. The summed E-state index contributed by atoms with van der Waals surface area (Å²) in [5.74, 6) is 0.0637. The first kappa shape index (κ1) is 19.0. The number of likely N-dealkylation sites (tertiary alicyclic amines) is 1. The van der Waals surface area contributed by atoms with Gasteiger partial charge in [-0.05, 0) is 38.0 Å². The van der Waals surface area contributed by atoms with E-state index in [1.165, 1.54) is 5.56 Å². The highest BCUT2D eigenvalue weighted by molar-refractivity contribution is 5.90. The largest absolute Gasteiger partial charge is 0.368 e. The van der Waals surface area contributed by atoms with Crippen LogP contribution in [0.25, 0.3) is 0 Å². The minimum Gasteiger partial charge on any atom is -0.368 e. The van der Waals surface area contributed by atoms with Crippen LogP contribution in [0, 0.1) is 6.92 Å². The molecule has 0 radical (unpaired) electrons. The Morgan fingerprint density at radius 2 is 1.81 bits per heavy atom. The van der Waals surface area contributed by atoms with E-state index in [0.717, 1.165) is 24.2 Å². The number of hydrogen-bond donors (Lipinski definition) is 2. The summed E-state index contributed by atoms with van der Waals surface area (Å²) < 4.78 is 0. The summed E-state index contributed by atoms with van der Waals surface area (Å²) in [5, 5.41) is 6.40. The average Bonchev–Trinajstić information content (AvgIpc) is 3.09. The molecular weight excluding hydrogens is 338 g/mol.